The first kappa shape index (κ1) is 17.6. The molecule has 5 heteroatoms. The summed E-state index contributed by atoms with van der Waals surface area (Å²) in [6.45, 7) is 2.09. The van der Waals surface area contributed by atoms with Crippen molar-refractivity contribution in [2.24, 2.45) is 5.73 Å². The normalized spacial score (nSPS) is 20.2. The van der Waals surface area contributed by atoms with Crippen LogP contribution in [0, 0.1) is 6.92 Å². The van der Waals surface area contributed by atoms with Crippen LogP contribution in [-0.4, -0.2) is 27.0 Å². The van der Waals surface area contributed by atoms with Crippen LogP contribution >= 0.6 is 0 Å². The molecule has 0 amide bonds. The van der Waals surface area contributed by atoms with Gasteiger partial charge < -0.3 is 11.1 Å². The predicted octanol–water partition coefficient (Wildman–Crippen LogP) is 4.19. The van der Waals surface area contributed by atoms with E-state index in [1.54, 1.807) is 6.20 Å². The molecule has 3 aromatic rings. The zero-order valence-electron chi connectivity index (χ0n) is 15.6. The summed E-state index contributed by atoms with van der Waals surface area (Å²) in [7, 11) is 0. The highest BCUT2D eigenvalue weighted by molar-refractivity contribution is 5.90. The summed E-state index contributed by atoms with van der Waals surface area (Å²) >= 11 is 0. The Morgan fingerprint density at radius 3 is 2.67 bits per heavy atom. The maximum absolute atomic E-state index is 6.05. The molecule has 0 spiro atoms. The van der Waals surface area contributed by atoms with Crippen molar-refractivity contribution < 1.29 is 0 Å². The van der Waals surface area contributed by atoms with Crippen LogP contribution in [0.5, 0.6) is 0 Å². The molecule has 1 aliphatic rings. The van der Waals surface area contributed by atoms with Gasteiger partial charge in [-0.25, -0.2) is 9.97 Å². The zero-order valence-corrected chi connectivity index (χ0v) is 15.6. The first-order chi connectivity index (χ1) is 13.2. The molecule has 0 aliphatic heterocycles. The number of fused-ring (bicyclic) bond motifs is 1. The van der Waals surface area contributed by atoms with E-state index >= 15 is 0 Å². The summed E-state index contributed by atoms with van der Waals surface area (Å²) in [5.74, 6) is 1.59. The lowest BCUT2D eigenvalue weighted by atomic mass is 9.92. The molecule has 27 heavy (non-hydrogen) atoms. The lowest BCUT2D eigenvalue weighted by Gasteiger charge is -2.27. The molecule has 1 fully saturated rings. The number of rotatable bonds is 4. The van der Waals surface area contributed by atoms with E-state index in [1.807, 2.05) is 30.4 Å². The molecule has 0 saturated heterocycles. The number of pyridine rings is 1. The van der Waals surface area contributed by atoms with Crippen LogP contribution in [0.2, 0.25) is 0 Å². The van der Waals surface area contributed by atoms with Crippen molar-refractivity contribution in [3.05, 3.63) is 59.7 Å². The number of benzene rings is 1. The van der Waals surface area contributed by atoms with Crippen molar-refractivity contribution in [2.75, 3.05) is 5.32 Å². The summed E-state index contributed by atoms with van der Waals surface area (Å²) < 4.78 is 0. The molecular formula is C22H25N5. The van der Waals surface area contributed by atoms with Gasteiger partial charge in [0.15, 0.2) is 5.82 Å². The van der Waals surface area contributed by atoms with E-state index in [0.717, 1.165) is 48.1 Å². The van der Waals surface area contributed by atoms with Crippen LogP contribution in [0.4, 0.5) is 5.82 Å². The third-order valence-electron chi connectivity index (χ3n) is 5.07. The van der Waals surface area contributed by atoms with E-state index in [9.17, 15) is 0 Å². The second-order valence-corrected chi connectivity index (χ2v) is 7.29. The van der Waals surface area contributed by atoms with Gasteiger partial charge in [0.1, 0.15) is 5.82 Å². The van der Waals surface area contributed by atoms with E-state index in [4.69, 9.17) is 15.7 Å². The zero-order chi connectivity index (χ0) is 18.6. The minimum atomic E-state index is 0.337. The number of hydrogen-bond donors (Lipinski definition) is 2. The average molecular weight is 359 g/mol. The van der Waals surface area contributed by atoms with Crippen molar-refractivity contribution in [3.63, 3.8) is 0 Å². The van der Waals surface area contributed by atoms with Gasteiger partial charge in [-0.05, 0) is 69.0 Å². The second kappa shape index (κ2) is 7.84. The number of aromatic nitrogens is 3. The Bertz CT molecular complexity index is 944. The lowest BCUT2D eigenvalue weighted by Crippen LogP contribution is -2.33. The monoisotopic (exact) mass is 359 g/mol. The van der Waals surface area contributed by atoms with Crippen LogP contribution in [0.25, 0.3) is 23.1 Å². The highest BCUT2D eigenvalue weighted by Crippen LogP contribution is 2.26. The molecule has 2 aromatic heterocycles. The Morgan fingerprint density at radius 2 is 1.89 bits per heavy atom. The van der Waals surface area contributed by atoms with E-state index in [0.29, 0.717) is 17.9 Å². The molecule has 0 atom stereocenters. The molecule has 1 saturated carbocycles. The summed E-state index contributed by atoms with van der Waals surface area (Å²) in [4.78, 5) is 13.8. The van der Waals surface area contributed by atoms with E-state index in [2.05, 4.69) is 35.4 Å². The number of nitrogens with one attached hydrogen (secondary N) is 1. The van der Waals surface area contributed by atoms with Crippen molar-refractivity contribution in [1.82, 2.24) is 15.0 Å². The molecule has 5 nitrogen and oxygen atoms in total. The number of nitrogens with zero attached hydrogens (tertiary/aromatic N) is 3. The third kappa shape index (κ3) is 4.31. The van der Waals surface area contributed by atoms with Gasteiger partial charge in [0.25, 0.3) is 0 Å². The third-order valence-corrected chi connectivity index (χ3v) is 5.07. The van der Waals surface area contributed by atoms with Gasteiger partial charge in [0.05, 0.1) is 11.2 Å². The Balaban J connectivity index is 1.67. The quantitative estimate of drug-likeness (QED) is 0.730. The van der Waals surface area contributed by atoms with Gasteiger partial charge >= 0.3 is 0 Å². The van der Waals surface area contributed by atoms with Crippen molar-refractivity contribution in [1.29, 1.82) is 0 Å². The van der Waals surface area contributed by atoms with Crippen LogP contribution in [0.15, 0.2) is 42.6 Å². The number of aryl methyl sites for hydroxylation is 1. The summed E-state index contributed by atoms with van der Waals surface area (Å²) in [6.07, 6.45) is 9.93. The van der Waals surface area contributed by atoms with Crippen molar-refractivity contribution in [3.8, 4) is 0 Å². The minimum absolute atomic E-state index is 0.337. The first-order valence-corrected chi connectivity index (χ1v) is 9.57. The maximum Gasteiger partial charge on any atom is 0.155 e. The number of nitrogens with two attached hydrogens (primary N) is 1. The maximum atomic E-state index is 6.05. The second-order valence-electron chi connectivity index (χ2n) is 7.29. The highest BCUT2D eigenvalue weighted by atomic mass is 15.1. The molecule has 4 rings (SSSR count). The Morgan fingerprint density at radius 1 is 1.04 bits per heavy atom. The lowest BCUT2D eigenvalue weighted by molar-refractivity contribution is 0.410. The average Bonchev–Trinajstić information content (AvgIpc) is 2.69. The van der Waals surface area contributed by atoms with Gasteiger partial charge in [0.2, 0.25) is 0 Å². The largest absolute Gasteiger partial charge is 0.367 e. The molecule has 3 N–H and O–H groups in total. The fraction of sp³-hybridized carbons (Fsp3) is 0.318. The molecular weight excluding hydrogens is 334 g/mol. The molecule has 138 valence electrons. The number of hydrogen-bond acceptors (Lipinski definition) is 5. The van der Waals surface area contributed by atoms with E-state index in [-0.39, 0.29) is 0 Å². The topological polar surface area (TPSA) is 76.7 Å². The van der Waals surface area contributed by atoms with Crippen LogP contribution in [0.1, 0.15) is 42.8 Å². The molecule has 0 bridgehead atoms. The van der Waals surface area contributed by atoms with E-state index < -0.39 is 0 Å². The van der Waals surface area contributed by atoms with Gasteiger partial charge in [-0.1, -0.05) is 17.7 Å². The van der Waals surface area contributed by atoms with Crippen LogP contribution < -0.4 is 11.1 Å². The summed E-state index contributed by atoms with van der Waals surface area (Å²) in [5.41, 5.74) is 9.10. The first-order valence-electron chi connectivity index (χ1n) is 9.57. The fourth-order valence-electron chi connectivity index (χ4n) is 3.54. The SMILES string of the molecule is Cc1ccc2nc(/C=C/c3ccccn3)nc(NC3CCC(N)CC3)c2c1. The molecule has 1 aromatic carbocycles. The molecule has 2 heterocycles. The summed E-state index contributed by atoms with van der Waals surface area (Å²) in [5, 5.41) is 4.72. The van der Waals surface area contributed by atoms with Crippen molar-refractivity contribution >= 4 is 28.9 Å². The number of anilines is 1. The Hall–Kier alpha value is -2.79. The minimum Gasteiger partial charge on any atom is -0.367 e. The smallest absolute Gasteiger partial charge is 0.155 e. The Kier molecular flexibility index (Phi) is 5.12. The molecule has 0 radical (unpaired) electrons. The van der Waals surface area contributed by atoms with Gasteiger partial charge in [-0.15, -0.1) is 0 Å². The van der Waals surface area contributed by atoms with Crippen LogP contribution in [-0.2, 0) is 0 Å². The summed E-state index contributed by atoms with van der Waals surface area (Å²) in [6, 6.07) is 12.9. The standard InChI is InChI=1S/C22H25N5/c1-15-5-11-20-19(14-15)22(25-18-8-6-16(23)7-9-18)27-21(26-20)12-10-17-4-2-3-13-24-17/h2-5,10-14,16,18H,6-9,23H2,1H3,(H,25,26,27)/b12-10+. The molecule has 0 unspecified atom stereocenters. The highest BCUT2D eigenvalue weighted by Gasteiger charge is 2.19. The van der Waals surface area contributed by atoms with Gasteiger partial charge in [-0.3, -0.25) is 4.98 Å². The predicted molar refractivity (Wildman–Crippen MR) is 111 cm³/mol. The molecule has 1 aliphatic carbocycles. The van der Waals surface area contributed by atoms with Gasteiger partial charge in [-0.2, -0.15) is 0 Å². The van der Waals surface area contributed by atoms with Crippen molar-refractivity contribution in [2.45, 2.75) is 44.7 Å². The van der Waals surface area contributed by atoms with Crippen LogP contribution in [0.3, 0.4) is 0 Å². The van der Waals surface area contributed by atoms with Gasteiger partial charge in [0, 0.05) is 23.7 Å². The van der Waals surface area contributed by atoms with E-state index in [1.165, 1.54) is 5.56 Å². The Labute approximate surface area is 159 Å². The fourth-order valence-corrected chi connectivity index (χ4v) is 3.54.